The van der Waals surface area contributed by atoms with Gasteiger partial charge in [-0.1, -0.05) is 0 Å². The first-order valence-corrected chi connectivity index (χ1v) is 13.2. The average Bonchev–Trinajstić information content (AvgIpc) is 3.37. The normalized spacial score (nSPS) is 16.1. The second kappa shape index (κ2) is 11.0. The Morgan fingerprint density at radius 1 is 1.20 bits per heavy atom. The van der Waals surface area contributed by atoms with Crippen molar-refractivity contribution in [3.63, 3.8) is 0 Å². The van der Waals surface area contributed by atoms with Crippen molar-refractivity contribution in [1.82, 2.24) is 15.3 Å². The van der Waals surface area contributed by atoms with Crippen LogP contribution in [0, 0.1) is 9.39 Å². The van der Waals surface area contributed by atoms with Crippen LogP contribution >= 0.6 is 22.6 Å². The Labute approximate surface area is 243 Å². The summed E-state index contributed by atoms with van der Waals surface area (Å²) in [6.07, 6.45) is -3.72. The zero-order valence-corrected chi connectivity index (χ0v) is 23.4. The Morgan fingerprint density at radius 2 is 1.93 bits per heavy atom. The van der Waals surface area contributed by atoms with Gasteiger partial charge in [0.1, 0.15) is 28.5 Å². The van der Waals surface area contributed by atoms with Crippen molar-refractivity contribution in [2.24, 2.45) is 0 Å². The van der Waals surface area contributed by atoms with E-state index in [4.69, 9.17) is 9.47 Å². The lowest BCUT2D eigenvalue weighted by atomic mass is 9.92. The third-order valence-electron chi connectivity index (χ3n) is 6.77. The first-order chi connectivity index (χ1) is 19.4. The fourth-order valence-electron chi connectivity index (χ4n) is 4.55. The van der Waals surface area contributed by atoms with Crippen LogP contribution in [-0.4, -0.2) is 54.1 Å². The van der Waals surface area contributed by atoms with Crippen LogP contribution in [0.5, 0.6) is 11.5 Å². The van der Waals surface area contributed by atoms with Crippen LogP contribution in [0.25, 0.3) is 22.2 Å². The van der Waals surface area contributed by atoms with Crippen LogP contribution in [0.4, 0.5) is 22.0 Å². The molecule has 214 valence electrons. The number of hydrogen-bond acceptors (Lipinski definition) is 6. The van der Waals surface area contributed by atoms with Gasteiger partial charge in [-0.2, -0.15) is 13.2 Å². The maximum atomic E-state index is 14.5. The van der Waals surface area contributed by atoms with Crippen LogP contribution in [0.2, 0.25) is 0 Å². The minimum absolute atomic E-state index is 0.0255. The molecule has 0 aliphatic carbocycles. The van der Waals surface area contributed by atoms with Gasteiger partial charge >= 0.3 is 6.18 Å². The largest absolute Gasteiger partial charge is 0.494 e. The molecule has 7 nitrogen and oxygen atoms in total. The van der Waals surface area contributed by atoms with Gasteiger partial charge in [-0.15, -0.1) is 0 Å². The number of carbonyl (C=O) groups is 1. The molecule has 4 aromatic rings. The second-order valence-corrected chi connectivity index (χ2v) is 10.6. The number of benzene rings is 2. The molecule has 1 aliphatic rings. The van der Waals surface area contributed by atoms with Gasteiger partial charge in [-0.25, -0.2) is 9.37 Å². The van der Waals surface area contributed by atoms with Gasteiger partial charge in [-0.3, -0.25) is 14.2 Å². The van der Waals surface area contributed by atoms with Crippen molar-refractivity contribution in [2.75, 3.05) is 26.9 Å². The summed E-state index contributed by atoms with van der Waals surface area (Å²) in [6.45, 7) is -2.39. The zero-order chi connectivity index (χ0) is 29.5. The van der Waals surface area contributed by atoms with Crippen molar-refractivity contribution < 1.29 is 41.3 Å². The number of methoxy groups -OCH3 is 1. The third kappa shape index (κ3) is 5.39. The van der Waals surface area contributed by atoms with Crippen molar-refractivity contribution in [3.8, 4) is 22.8 Å². The van der Waals surface area contributed by atoms with E-state index < -0.39 is 48.3 Å². The summed E-state index contributed by atoms with van der Waals surface area (Å²) in [6, 6.07) is 10.2. The molecule has 1 aliphatic heterocycles. The Kier molecular flexibility index (Phi) is 7.76. The van der Waals surface area contributed by atoms with E-state index in [0.717, 1.165) is 21.8 Å². The number of nitrogens with zero attached hydrogens (tertiary/aromatic N) is 2. The number of rotatable bonds is 7. The number of nitrogens with one attached hydrogen (secondary N) is 1. The molecule has 2 atom stereocenters. The number of alkyl halides is 4. The maximum Gasteiger partial charge on any atom is 0.424 e. The van der Waals surface area contributed by atoms with Crippen LogP contribution in [0.3, 0.4) is 0 Å². The lowest BCUT2D eigenvalue weighted by Crippen LogP contribution is -2.51. The molecule has 2 N–H and O–H groups in total. The van der Waals surface area contributed by atoms with Gasteiger partial charge < -0.3 is 19.9 Å². The monoisotopic (exact) mass is 685 g/mol. The van der Waals surface area contributed by atoms with Crippen molar-refractivity contribution in [1.29, 1.82) is 0 Å². The molecule has 1 amide bonds. The van der Waals surface area contributed by atoms with Crippen LogP contribution in [-0.2, 0) is 5.60 Å². The first-order valence-electron chi connectivity index (χ1n) is 12.2. The van der Waals surface area contributed by atoms with Gasteiger partial charge in [0.25, 0.3) is 5.91 Å². The summed E-state index contributed by atoms with van der Waals surface area (Å²) in [5.41, 5.74) is -3.96. The number of aromatic nitrogens is 2. The number of aliphatic hydroxyl groups is 1. The lowest BCUT2D eigenvalue weighted by Gasteiger charge is -2.31. The number of halogens is 6. The molecule has 5 rings (SSSR count). The van der Waals surface area contributed by atoms with E-state index >= 15 is 0 Å². The summed E-state index contributed by atoms with van der Waals surface area (Å²) in [4.78, 5) is 21.4. The topological polar surface area (TPSA) is 93.6 Å². The van der Waals surface area contributed by atoms with E-state index in [1.165, 1.54) is 31.4 Å². The summed E-state index contributed by atoms with van der Waals surface area (Å²) < 4.78 is 82.4. The standard InChI is InChI=1S/C28H21F5IN3O4/c1-40-21-8-16(6-15-7-19(34)11-35-23(15)21)26(38)36-13-27(39,28(31,32)33)22-9-20-17(10-29)12-41-25(20)24(37-22)14-2-4-18(30)5-3-14/h2-9,11,17,39H,10,12-13H2,1H3,(H,36,38). The van der Waals surface area contributed by atoms with Gasteiger partial charge in [0.05, 0.1) is 38.5 Å². The molecule has 0 spiro atoms. The second-order valence-electron chi connectivity index (χ2n) is 9.39. The number of carbonyl (C=O) groups excluding carboxylic acids is 1. The van der Waals surface area contributed by atoms with Gasteiger partial charge in [0.2, 0.25) is 5.60 Å². The highest BCUT2D eigenvalue weighted by Gasteiger charge is 2.57. The lowest BCUT2D eigenvalue weighted by molar-refractivity contribution is -0.265. The fraction of sp³-hybridized carbons (Fsp3) is 0.250. The van der Waals surface area contributed by atoms with Crippen molar-refractivity contribution >= 4 is 39.4 Å². The van der Waals surface area contributed by atoms with Gasteiger partial charge in [0, 0.05) is 31.8 Å². The predicted octanol–water partition coefficient (Wildman–Crippen LogP) is 5.67. The summed E-state index contributed by atoms with van der Waals surface area (Å²) in [5.74, 6) is -2.13. The molecular weight excluding hydrogens is 664 g/mol. The summed E-state index contributed by atoms with van der Waals surface area (Å²) >= 11 is 2.03. The van der Waals surface area contributed by atoms with E-state index in [1.54, 1.807) is 12.3 Å². The van der Waals surface area contributed by atoms with E-state index in [-0.39, 0.29) is 40.5 Å². The maximum absolute atomic E-state index is 14.5. The van der Waals surface area contributed by atoms with E-state index in [2.05, 4.69) is 15.3 Å². The highest BCUT2D eigenvalue weighted by Crippen LogP contribution is 2.46. The molecule has 3 heterocycles. The van der Waals surface area contributed by atoms with E-state index in [9.17, 15) is 31.9 Å². The molecule has 41 heavy (non-hydrogen) atoms. The first kappa shape index (κ1) is 28.9. The Balaban J connectivity index is 1.54. The van der Waals surface area contributed by atoms with E-state index in [0.29, 0.717) is 10.9 Å². The Hall–Kier alpha value is -3.59. The highest BCUT2D eigenvalue weighted by molar-refractivity contribution is 14.1. The van der Waals surface area contributed by atoms with Crippen molar-refractivity contribution in [3.05, 3.63) is 80.9 Å². The summed E-state index contributed by atoms with van der Waals surface area (Å²) in [5, 5.41) is 13.8. The molecule has 2 aromatic heterocycles. The van der Waals surface area contributed by atoms with Gasteiger partial charge in [-0.05, 0) is 71.1 Å². The van der Waals surface area contributed by atoms with Crippen molar-refractivity contribution in [2.45, 2.75) is 17.7 Å². The zero-order valence-electron chi connectivity index (χ0n) is 21.2. The van der Waals surface area contributed by atoms with E-state index in [1.807, 2.05) is 22.6 Å². The Bertz CT molecular complexity index is 1630. The number of ether oxygens (including phenoxy) is 2. The predicted molar refractivity (Wildman–Crippen MR) is 147 cm³/mol. The number of fused-ring (bicyclic) bond motifs is 2. The number of pyridine rings is 2. The molecule has 2 unspecified atom stereocenters. The molecule has 0 fully saturated rings. The van der Waals surface area contributed by atoms with Crippen LogP contribution in [0.15, 0.2) is 54.7 Å². The highest BCUT2D eigenvalue weighted by atomic mass is 127. The quantitative estimate of drug-likeness (QED) is 0.192. The molecule has 0 saturated heterocycles. The van der Waals surface area contributed by atoms with Crippen LogP contribution in [0.1, 0.15) is 27.5 Å². The van der Waals surface area contributed by atoms with Gasteiger partial charge in [0.15, 0.2) is 0 Å². The molecular formula is C28H21F5IN3O4. The number of amides is 1. The molecule has 2 aromatic carbocycles. The molecule has 0 saturated carbocycles. The SMILES string of the molecule is COc1cc(C(=O)NCC(O)(c2cc3c(c(-c4ccc(F)cc4)n2)OCC3CF)C(F)(F)F)cc2cc(I)cnc12. The summed E-state index contributed by atoms with van der Waals surface area (Å²) in [7, 11) is 1.37. The minimum atomic E-state index is -5.31. The molecule has 0 bridgehead atoms. The fourth-order valence-corrected chi connectivity index (χ4v) is 5.02. The number of hydrogen-bond donors (Lipinski definition) is 2. The van der Waals surface area contributed by atoms with Crippen LogP contribution < -0.4 is 14.8 Å². The molecule has 13 heteroatoms. The third-order valence-corrected chi connectivity index (χ3v) is 7.36. The average molecular weight is 685 g/mol. The smallest absolute Gasteiger partial charge is 0.424 e. The molecule has 0 radical (unpaired) electrons. The minimum Gasteiger partial charge on any atom is -0.494 e. The Morgan fingerprint density at radius 3 is 2.59 bits per heavy atom.